The van der Waals surface area contributed by atoms with Crippen LogP contribution in [0.2, 0.25) is 0 Å². The molecule has 1 rings (SSSR count). The number of amides is 4. The molecule has 0 fully saturated rings. The number of nitrogens with two attached hydrogens (primary N) is 2. The fourth-order valence-corrected chi connectivity index (χ4v) is 2.41. The summed E-state index contributed by atoms with van der Waals surface area (Å²) < 4.78 is 0. The molecule has 9 N–H and O–H groups in total. The average molecular weight is 423 g/mol. The van der Waals surface area contributed by atoms with Crippen LogP contribution < -0.4 is 27.4 Å². The number of benzene rings is 1. The lowest BCUT2D eigenvalue weighted by molar-refractivity contribution is -0.141. The van der Waals surface area contributed by atoms with E-state index >= 15 is 0 Å². The molecule has 0 unspecified atom stereocenters. The Balaban J connectivity index is 2.63. The second kappa shape index (κ2) is 12.0. The summed E-state index contributed by atoms with van der Waals surface area (Å²) in [7, 11) is 0. The highest BCUT2D eigenvalue weighted by atomic mass is 16.4. The highest BCUT2D eigenvalue weighted by Crippen LogP contribution is 2.11. The van der Waals surface area contributed by atoms with Crippen LogP contribution in [0.25, 0.3) is 0 Å². The summed E-state index contributed by atoms with van der Waals surface area (Å²) in [5.41, 5.74) is 10.8. The van der Waals surface area contributed by atoms with E-state index in [-0.39, 0.29) is 31.6 Å². The van der Waals surface area contributed by atoms with E-state index in [1.807, 2.05) is 0 Å². The zero-order valence-corrected chi connectivity index (χ0v) is 16.1. The Morgan fingerprint density at radius 2 is 1.57 bits per heavy atom. The Labute approximate surface area is 172 Å². The summed E-state index contributed by atoms with van der Waals surface area (Å²) in [6.07, 6.45) is -0.306. The van der Waals surface area contributed by atoms with Crippen LogP contribution in [-0.4, -0.2) is 65.0 Å². The fourth-order valence-electron chi connectivity index (χ4n) is 2.41. The van der Waals surface area contributed by atoms with Crippen molar-refractivity contribution >= 4 is 29.6 Å². The number of aromatic hydroxyl groups is 1. The number of aliphatic carboxylic acids is 1. The Morgan fingerprint density at radius 3 is 2.10 bits per heavy atom. The number of rotatable bonds is 12. The third kappa shape index (κ3) is 9.01. The second-order valence-corrected chi connectivity index (χ2v) is 6.38. The molecule has 12 heteroatoms. The van der Waals surface area contributed by atoms with Crippen molar-refractivity contribution < 1.29 is 34.2 Å². The van der Waals surface area contributed by atoms with Crippen LogP contribution in [0.3, 0.4) is 0 Å². The van der Waals surface area contributed by atoms with E-state index in [0.717, 1.165) is 0 Å². The normalized spacial score (nSPS) is 12.3. The number of hydrogen-bond donors (Lipinski definition) is 7. The van der Waals surface area contributed by atoms with Crippen LogP contribution in [-0.2, 0) is 30.4 Å². The molecule has 0 bridgehead atoms. The highest BCUT2D eigenvalue weighted by molar-refractivity contribution is 5.92. The van der Waals surface area contributed by atoms with Crippen molar-refractivity contribution in [3.8, 4) is 5.75 Å². The van der Waals surface area contributed by atoms with Crippen molar-refractivity contribution in [3.05, 3.63) is 29.8 Å². The van der Waals surface area contributed by atoms with Crippen molar-refractivity contribution in [3.63, 3.8) is 0 Å². The third-order valence-electron chi connectivity index (χ3n) is 3.95. The lowest BCUT2D eigenvalue weighted by Crippen LogP contribution is -2.52. The molecule has 0 saturated heterocycles. The standard InChI is InChI=1S/C18H25N5O7/c19-8-15(26)22-12(5-6-14(20)25)17(28)21-9-16(27)23-13(18(29)30)7-10-1-3-11(24)4-2-10/h1-4,12-13,24H,5-9,19H2,(H2,20,25)(H,21,28)(H,22,26)(H,23,27)(H,29,30)/t12-,13-/m0/s1. The highest BCUT2D eigenvalue weighted by Gasteiger charge is 2.23. The van der Waals surface area contributed by atoms with Gasteiger partial charge in [0.05, 0.1) is 13.1 Å². The third-order valence-corrected chi connectivity index (χ3v) is 3.95. The molecular formula is C18H25N5O7. The number of hydrogen-bond acceptors (Lipinski definition) is 7. The van der Waals surface area contributed by atoms with Crippen LogP contribution >= 0.6 is 0 Å². The molecule has 0 radical (unpaired) electrons. The van der Waals surface area contributed by atoms with Gasteiger partial charge in [0.1, 0.15) is 17.8 Å². The Hall–Kier alpha value is -3.67. The van der Waals surface area contributed by atoms with E-state index in [1.54, 1.807) is 0 Å². The zero-order chi connectivity index (χ0) is 22.7. The van der Waals surface area contributed by atoms with Crippen molar-refractivity contribution in [2.24, 2.45) is 11.5 Å². The minimum atomic E-state index is -1.28. The van der Waals surface area contributed by atoms with Gasteiger partial charge in [0.2, 0.25) is 23.6 Å². The van der Waals surface area contributed by atoms with Gasteiger partial charge in [-0.2, -0.15) is 0 Å². The van der Waals surface area contributed by atoms with Crippen molar-refractivity contribution in [2.75, 3.05) is 13.1 Å². The molecule has 0 heterocycles. The van der Waals surface area contributed by atoms with Crippen molar-refractivity contribution in [2.45, 2.75) is 31.3 Å². The number of nitrogens with one attached hydrogen (secondary N) is 3. The van der Waals surface area contributed by atoms with Gasteiger partial charge in [-0.15, -0.1) is 0 Å². The van der Waals surface area contributed by atoms with Crippen molar-refractivity contribution in [1.29, 1.82) is 0 Å². The molecule has 2 atom stereocenters. The predicted molar refractivity (Wildman–Crippen MR) is 104 cm³/mol. The maximum atomic E-state index is 12.2. The predicted octanol–water partition coefficient (Wildman–Crippen LogP) is -2.67. The molecule has 0 aliphatic carbocycles. The van der Waals surface area contributed by atoms with Gasteiger partial charge in [0.25, 0.3) is 0 Å². The summed E-state index contributed by atoms with van der Waals surface area (Å²) in [4.78, 5) is 58.0. The molecular weight excluding hydrogens is 398 g/mol. The number of phenols is 1. The second-order valence-electron chi connectivity index (χ2n) is 6.38. The van der Waals surface area contributed by atoms with E-state index in [0.29, 0.717) is 5.56 Å². The average Bonchev–Trinajstić information content (AvgIpc) is 2.69. The number of phenolic OH excluding ortho intramolecular Hbond substituents is 1. The maximum absolute atomic E-state index is 12.2. The summed E-state index contributed by atoms with van der Waals surface area (Å²) in [6, 6.07) is 3.41. The quantitative estimate of drug-likeness (QED) is 0.188. The molecule has 0 aliphatic rings. The van der Waals surface area contributed by atoms with Gasteiger partial charge < -0.3 is 37.6 Å². The number of carboxylic acid groups (broad SMARTS) is 1. The first kappa shape index (κ1) is 24.4. The molecule has 12 nitrogen and oxygen atoms in total. The fraction of sp³-hybridized carbons (Fsp3) is 0.389. The van der Waals surface area contributed by atoms with Gasteiger partial charge >= 0.3 is 5.97 Å². The first-order valence-corrected chi connectivity index (χ1v) is 8.98. The van der Waals surface area contributed by atoms with Gasteiger partial charge in [-0.1, -0.05) is 12.1 Å². The Morgan fingerprint density at radius 1 is 0.967 bits per heavy atom. The molecule has 1 aromatic rings. The molecule has 0 aliphatic heterocycles. The van der Waals surface area contributed by atoms with Crippen LogP contribution in [0.4, 0.5) is 0 Å². The molecule has 1 aromatic carbocycles. The SMILES string of the molecule is NCC(=O)N[C@@H](CCC(N)=O)C(=O)NCC(=O)N[C@@H](Cc1ccc(O)cc1)C(=O)O. The summed E-state index contributed by atoms with van der Waals surface area (Å²) in [5, 5.41) is 25.4. The Bertz CT molecular complexity index is 782. The molecule has 164 valence electrons. The monoisotopic (exact) mass is 423 g/mol. The molecule has 0 aromatic heterocycles. The van der Waals surface area contributed by atoms with E-state index < -0.39 is 48.2 Å². The van der Waals surface area contributed by atoms with Gasteiger partial charge in [0, 0.05) is 12.8 Å². The zero-order valence-electron chi connectivity index (χ0n) is 16.1. The van der Waals surface area contributed by atoms with E-state index in [4.69, 9.17) is 11.5 Å². The van der Waals surface area contributed by atoms with Gasteiger partial charge in [-0.05, 0) is 24.1 Å². The minimum Gasteiger partial charge on any atom is -0.508 e. The van der Waals surface area contributed by atoms with Crippen LogP contribution in [0.15, 0.2) is 24.3 Å². The number of carbonyl (C=O) groups excluding carboxylic acids is 4. The maximum Gasteiger partial charge on any atom is 0.326 e. The summed E-state index contributed by atoms with van der Waals surface area (Å²) in [5.74, 6) is -4.09. The molecule has 4 amide bonds. The largest absolute Gasteiger partial charge is 0.508 e. The molecule has 0 saturated carbocycles. The van der Waals surface area contributed by atoms with Gasteiger partial charge in [0.15, 0.2) is 0 Å². The smallest absolute Gasteiger partial charge is 0.326 e. The molecule has 0 spiro atoms. The van der Waals surface area contributed by atoms with Crippen LogP contribution in [0.1, 0.15) is 18.4 Å². The summed E-state index contributed by atoms with van der Waals surface area (Å²) >= 11 is 0. The van der Waals surface area contributed by atoms with E-state index in [9.17, 15) is 34.2 Å². The first-order valence-electron chi connectivity index (χ1n) is 8.98. The first-order chi connectivity index (χ1) is 14.1. The number of carboxylic acids is 1. The number of carbonyl (C=O) groups is 5. The lowest BCUT2D eigenvalue weighted by atomic mass is 10.1. The van der Waals surface area contributed by atoms with Gasteiger partial charge in [-0.25, -0.2) is 4.79 Å². The minimum absolute atomic E-state index is 0.0185. The van der Waals surface area contributed by atoms with E-state index in [1.165, 1.54) is 24.3 Å². The lowest BCUT2D eigenvalue weighted by Gasteiger charge is -2.18. The van der Waals surface area contributed by atoms with Crippen molar-refractivity contribution in [1.82, 2.24) is 16.0 Å². The van der Waals surface area contributed by atoms with Crippen LogP contribution in [0, 0.1) is 0 Å². The summed E-state index contributed by atoms with van der Waals surface area (Å²) in [6.45, 7) is -0.928. The van der Waals surface area contributed by atoms with Gasteiger partial charge in [-0.3, -0.25) is 19.2 Å². The van der Waals surface area contributed by atoms with Crippen LogP contribution in [0.5, 0.6) is 5.75 Å². The number of primary amides is 1. The Kier molecular flexibility index (Phi) is 9.76. The topological polar surface area (TPSA) is 214 Å². The van der Waals surface area contributed by atoms with E-state index in [2.05, 4.69) is 16.0 Å². The molecule has 30 heavy (non-hydrogen) atoms.